The van der Waals surface area contributed by atoms with E-state index < -0.39 is 0 Å². The standard InChI is InChI=1S/C17H19N.ClH/c1-18-13-7-12-17(18)16-11-6-5-10-15(16)14-8-3-2-4-9-14;/h2-6,8-11,17H,7,12-13H2,1H3;1H. The van der Waals surface area contributed by atoms with Crippen LogP contribution in [0.4, 0.5) is 0 Å². The molecule has 0 amide bonds. The lowest BCUT2D eigenvalue weighted by Gasteiger charge is -2.22. The Hall–Kier alpha value is -1.31. The topological polar surface area (TPSA) is 3.24 Å². The van der Waals surface area contributed by atoms with Crippen LogP contribution < -0.4 is 0 Å². The van der Waals surface area contributed by atoms with Gasteiger partial charge in [0.05, 0.1) is 0 Å². The summed E-state index contributed by atoms with van der Waals surface area (Å²) in [6, 6.07) is 20.1. The van der Waals surface area contributed by atoms with E-state index in [1.807, 2.05) is 0 Å². The molecule has 2 aromatic carbocycles. The van der Waals surface area contributed by atoms with Gasteiger partial charge in [0.25, 0.3) is 0 Å². The maximum Gasteiger partial charge on any atom is 0.0351 e. The molecule has 1 nitrogen and oxygen atoms in total. The molecule has 0 N–H and O–H groups in total. The Morgan fingerprint density at radius 2 is 1.63 bits per heavy atom. The van der Waals surface area contributed by atoms with Crippen molar-refractivity contribution in [1.29, 1.82) is 0 Å². The fraction of sp³-hybridized carbons (Fsp3) is 0.294. The minimum absolute atomic E-state index is 0. The molecule has 1 saturated heterocycles. The quantitative estimate of drug-likeness (QED) is 0.776. The first-order valence-corrected chi connectivity index (χ1v) is 6.71. The first kappa shape index (κ1) is 14.1. The molecule has 0 aliphatic carbocycles. The van der Waals surface area contributed by atoms with Crippen molar-refractivity contribution >= 4 is 12.4 Å². The summed E-state index contributed by atoms with van der Waals surface area (Å²) >= 11 is 0. The van der Waals surface area contributed by atoms with Gasteiger partial charge in [-0.1, -0.05) is 54.6 Å². The van der Waals surface area contributed by atoms with Gasteiger partial charge in [0.1, 0.15) is 0 Å². The highest BCUT2D eigenvalue weighted by Gasteiger charge is 2.24. The Bertz CT molecular complexity index is 524. The van der Waals surface area contributed by atoms with Crippen LogP contribution in [0.25, 0.3) is 11.1 Å². The van der Waals surface area contributed by atoms with Crippen molar-refractivity contribution in [3.05, 3.63) is 60.2 Å². The normalized spacial score (nSPS) is 19.1. The van der Waals surface area contributed by atoms with Crippen LogP contribution in [0.2, 0.25) is 0 Å². The number of likely N-dealkylation sites (tertiary alicyclic amines) is 1. The summed E-state index contributed by atoms with van der Waals surface area (Å²) in [5.74, 6) is 0. The fourth-order valence-electron chi connectivity index (χ4n) is 2.97. The van der Waals surface area contributed by atoms with E-state index in [4.69, 9.17) is 0 Å². The van der Waals surface area contributed by atoms with Gasteiger partial charge in [0, 0.05) is 6.04 Å². The van der Waals surface area contributed by atoms with Crippen molar-refractivity contribution in [3.63, 3.8) is 0 Å². The summed E-state index contributed by atoms with van der Waals surface area (Å²) < 4.78 is 0. The van der Waals surface area contributed by atoms with Gasteiger partial charge in [-0.2, -0.15) is 0 Å². The van der Waals surface area contributed by atoms with Crippen LogP contribution in [0.3, 0.4) is 0 Å². The van der Waals surface area contributed by atoms with Crippen LogP contribution >= 0.6 is 12.4 Å². The second kappa shape index (κ2) is 6.23. The van der Waals surface area contributed by atoms with Crippen molar-refractivity contribution in [2.24, 2.45) is 0 Å². The zero-order chi connectivity index (χ0) is 12.4. The van der Waals surface area contributed by atoms with Crippen molar-refractivity contribution in [2.45, 2.75) is 18.9 Å². The van der Waals surface area contributed by atoms with Crippen molar-refractivity contribution < 1.29 is 0 Å². The zero-order valence-corrected chi connectivity index (χ0v) is 12.1. The zero-order valence-electron chi connectivity index (χ0n) is 11.3. The maximum atomic E-state index is 2.47. The summed E-state index contributed by atoms with van der Waals surface area (Å²) in [7, 11) is 2.24. The molecule has 0 bridgehead atoms. The van der Waals surface area contributed by atoms with Crippen LogP contribution in [-0.2, 0) is 0 Å². The van der Waals surface area contributed by atoms with Gasteiger partial charge < -0.3 is 0 Å². The van der Waals surface area contributed by atoms with E-state index in [-0.39, 0.29) is 12.4 Å². The largest absolute Gasteiger partial charge is 0.299 e. The lowest BCUT2D eigenvalue weighted by atomic mass is 9.94. The smallest absolute Gasteiger partial charge is 0.0351 e. The summed E-state index contributed by atoms with van der Waals surface area (Å²) in [5, 5.41) is 0. The number of hydrogen-bond acceptors (Lipinski definition) is 1. The fourth-order valence-corrected chi connectivity index (χ4v) is 2.97. The van der Waals surface area contributed by atoms with E-state index in [1.54, 1.807) is 0 Å². The summed E-state index contributed by atoms with van der Waals surface area (Å²) in [5.41, 5.74) is 4.19. The minimum atomic E-state index is 0. The Kier molecular flexibility index (Phi) is 4.62. The molecule has 0 spiro atoms. The van der Waals surface area contributed by atoms with Crippen LogP contribution in [0.1, 0.15) is 24.4 Å². The number of halogens is 1. The van der Waals surface area contributed by atoms with Gasteiger partial charge in [-0.3, -0.25) is 4.90 Å². The van der Waals surface area contributed by atoms with Gasteiger partial charge in [-0.05, 0) is 43.1 Å². The Balaban J connectivity index is 0.00000133. The second-order valence-corrected chi connectivity index (χ2v) is 5.09. The Morgan fingerprint density at radius 3 is 2.32 bits per heavy atom. The first-order valence-electron chi connectivity index (χ1n) is 6.71. The molecule has 100 valence electrons. The van der Waals surface area contributed by atoms with Gasteiger partial charge in [0.2, 0.25) is 0 Å². The van der Waals surface area contributed by atoms with Gasteiger partial charge in [0.15, 0.2) is 0 Å². The predicted molar refractivity (Wildman–Crippen MR) is 83.7 cm³/mol. The molecule has 0 aromatic heterocycles. The molecule has 3 rings (SSSR count). The summed E-state index contributed by atoms with van der Waals surface area (Å²) in [4.78, 5) is 2.47. The lowest BCUT2D eigenvalue weighted by molar-refractivity contribution is 0.318. The third-order valence-corrected chi connectivity index (χ3v) is 3.93. The molecule has 1 atom stereocenters. The Morgan fingerprint density at radius 1 is 0.947 bits per heavy atom. The lowest BCUT2D eigenvalue weighted by Crippen LogP contribution is -2.18. The number of benzene rings is 2. The van der Waals surface area contributed by atoms with E-state index in [0.29, 0.717) is 6.04 Å². The highest BCUT2D eigenvalue weighted by atomic mass is 35.5. The Labute approximate surface area is 121 Å². The van der Waals surface area contributed by atoms with Crippen molar-refractivity contribution in [3.8, 4) is 11.1 Å². The highest BCUT2D eigenvalue weighted by Crippen LogP contribution is 2.36. The van der Waals surface area contributed by atoms with Crippen molar-refractivity contribution in [2.75, 3.05) is 13.6 Å². The monoisotopic (exact) mass is 273 g/mol. The molecule has 1 fully saturated rings. The van der Waals surface area contributed by atoms with Crippen molar-refractivity contribution in [1.82, 2.24) is 4.90 Å². The van der Waals surface area contributed by atoms with Gasteiger partial charge in [-0.25, -0.2) is 0 Å². The highest BCUT2D eigenvalue weighted by molar-refractivity contribution is 5.85. The van der Waals surface area contributed by atoms with E-state index in [1.165, 1.54) is 36.1 Å². The molecule has 1 aliphatic rings. The van der Waals surface area contributed by atoms with Crippen LogP contribution in [-0.4, -0.2) is 18.5 Å². The van der Waals surface area contributed by atoms with E-state index >= 15 is 0 Å². The minimum Gasteiger partial charge on any atom is -0.299 e. The molecule has 1 heterocycles. The van der Waals surface area contributed by atoms with E-state index in [2.05, 4.69) is 66.5 Å². The van der Waals surface area contributed by atoms with Crippen LogP contribution in [0, 0.1) is 0 Å². The number of nitrogens with zero attached hydrogens (tertiary/aromatic N) is 1. The molecule has 1 aliphatic heterocycles. The van der Waals surface area contributed by atoms with Gasteiger partial charge in [-0.15, -0.1) is 12.4 Å². The average molecular weight is 274 g/mol. The summed E-state index contributed by atoms with van der Waals surface area (Å²) in [6.45, 7) is 1.22. The van der Waals surface area contributed by atoms with Crippen LogP contribution in [0.5, 0.6) is 0 Å². The average Bonchev–Trinajstić information content (AvgIpc) is 2.86. The first-order chi connectivity index (χ1) is 8.86. The van der Waals surface area contributed by atoms with Gasteiger partial charge >= 0.3 is 0 Å². The third-order valence-electron chi connectivity index (χ3n) is 3.93. The maximum absolute atomic E-state index is 2.47. The molecular weight excluding hydrogens is 254 g/mol. The molecule has 2 aromatic rings. The molecule has 0 radical (unpaired) electrons. The number of rotatable bonds is 2. The molecule has 19 heavy (non-hydrogen) atoms. The summed E-state index contributed by atoms with van der Waals surface area (Å²) in [6.07, 6.45) is 2.59. The third kappa shape index (κ3) is 2.83. The molecule has 1 unspecified atom stereocenters. The van der Waals surface area contributed by atoms with Crippen LogP contribution in [0.15, 0.2) is 54.6 Å². The molecular formula is C17H20ClN. The molecule has 0 saturated carbocycles. The predicted octanol–water partition coefficient (Wildman–Crippen LogP) is 4.54. The van der Waals surface area contributed by atoms with E-state index in [9.17, 15) is 0 Å². The SMILES string of the molecule is CN1CCCC1c1ccccc1-c1ccccc1.Cl. The van der Waals surface area contributed by atoms with E-state index in [0.717, 1.165) is 0 Å². The second-order valence-electron chi connectivity index (χ2n) is 5.09. The molecule has 2 heteroatoms. The number of hydrogen-bond donors (Lipinski definition) is 0.